The van der Waals surface area contributed by atoms with Crippen LogP contribution in [0.25, 0.3) is 11.3 Å². The summed E-state index contributed by atoms with van der Waals surface area (Å²) in [4.78, 5) is 17.3. The Morgan fingerprint density at radius 1 is 1.26 bits per heavy atom. The molecule has 2 aromatic carbocycles. The first-order valence-corrected chi connectivity index (χ1v) is 8.70. The number of aromatic nitrogens is 1. The molecule has 0 radical (unpaired) electrons. The number of thiazole rings is 1. The van der Waals surface area contributed by atoms with Gasteiger partial charge in [-0.25, -0.2) is 4.98 Å². The summed E-state index contributed by atoms with van der Waals surface area (Å²) < 4.78 is 0.800. The monoisotopic (exact) mass is 406 g/mol. The van der Waals surface area contributed by atoms with Crippen molar-refractivity contribution in [1.29, 1.82) is 0 Å². The molecule has 3 aromatic rings. The van der Waals surface area contributed by atoms with E-state index in [-0.39, 0.29) is 11.7 Å². The first kappa shape index (κ1) is 16.0. The summed E-state index contributed by atoms with van der Waals surface area (Å²) in [5.74, 6) is -0.130. The second kappa shape index (κ2) is 6.74. The highest BCUT2D eigenvalue weighted by atomic mass is 79.9. The summed E-state index contributed by atoms with van der Waals surface area (Å²) in [6.07, 6.45) is 0. The molecular weight excluding hydrogens is 396 g/mol. The molecule has 1 heterocycles. The van der Waals surface area contributed by atoms with Gasteiger partial charge in [-0.15, -0.1) is 24.0 Å². The molecule has 23 heavy (non-hydrogen) atoms. The first-order valence-electron chi connectivity index (χ1n) is 6.58. The third-order valence-electron chi connectivity index (χ3n) is 3.11. The molecular formula is C16H11BrN2O2S2. The molecule has 1 amide bonds. The van der Waals surface area contributed by atoms with E-state index < -0.39 is 0 Å². The summed E-state index contributed by atoms with van der Waals surface area (Å²) in [7, 11) is 0. The van der Waals surface area contributed by atoms with E-state index in [4.69, 9.17) is 0 Å². The summed E-state index contributed by atoms with van der Waals surface area (Å²) >= 11 is 8.93. The molecule has 0 atom stereocenters. The number of nitrogens with zero attached hydrogens (tertiary/aromatic N) is 1. The number of aromatic hydroxyl groups is 1. The highest BCUT2D eigenvalue weighted by Crippen LogP contribution is 2.31. The van der Waals surface area contributed by atoms with Crippen molar-refractivity contribution in [3.63, 3.8) is 0 Å². The fourth-order valence-corrected chi connectivity index (χ4v) is 3.31. The fraction of sp³-hybridized carbons (Fsp3) is 0. The van der Waals surface area contributed by atoms with Gasteiger partial charge in [0.15, 0.2) is 5.13 Å². The second-order valence-corrected chi connectivity index (χ2v) is 6.93. The zero-order chi connectivity index (χ0) is 16.4. The molecule has 0 aliphatic carbocycles. The lowest BCUT2D eigenvalue weighted by Gasteiger charge is -2.05. The highest BCUT2D eigenvalue weighted by molar-refractivity contribution is 9.10. The third kappa shape index (κ3) is 3.57. The molecule has 2 N–H and O–H groups in total. The molecule has 0 spiro atoms. The number of nitrogens with one attached hydrogen (secondary N) is 1. The number of carbonyl (C=O) groups excluding carboxylic acids is 1. The van der Waals surface area contributed by atoms with Gasteiger partial charge in [-0.1, -0.05) is 28.1 Å². The number of hydrogen-bond acceptors (Lipinski definition) is 5. The van der Waals surface area contributed by atoms with Crippen molar-refractivity contribution in [2.75, 3.05) is 5.32 Å². The summed E-state index contributed by atoms with van der Waals surface area (Å²) in [5.41, 5.74) is 1.70. The Morgan fingerprint density at radius 2 is 2.04 bits per heavy atom. The molecule has 0 saturated heterocycles. The van der Waals surface area contributed by atoms with Gasteiger partial charge in [0.2, 0.25) is 0 Å². The molecule has 0 unspecified atom stereocenters. The number of benzene rings is 2. The molecule has 0 aliphatic rings. The van der Waals surface area contributed by atoms with E-state index in [1.807, 2.05) is 12.1 Å². The van der Waals surface area contributed by atoms with Crippen LogP contribution in [0.2, 0.25) is 0 Å². The van der Waals surface area contributed by atoms with Crippen molar-refractivity contribution in [2.45, 2.75) is 4.90 Å². The van der Waals surface area contributed by atoms with Crippen LogP contribution in [-0.4, -0.2) is 16.0 Å². The number of amides is 1. The second-order valence-electron chi connectivity index (χ2n) is 4.67. The van der Waals surface area contributed by atoms with Gasteiger partial charge in [0.05, 0.1) is 11.3 Å². The van der Waals surface area contributed by atoms with E-state index in [0.717, 1.165) is 4.47 Å². The average molecular weight is 407 g/mol. The Balaban J connectivity index is 1.83. The number of rotatable bonds is 3. The molecule has 0 saturated carbocycles. The van der Waals surface area contributed by atoms with Crippen LogP contribution in [0.1, 0.15) is 10.4 Å². The van der Waals surface area contributed by atoms with Crippen molar-refractivity contribution in [2.24, 2.45) is 0 Å². The standard InChI is InChI=1S/C16H11BrN2O2S2/c17-9-5-6-14(22)11(7-9)15(21)19-16-18-12(8-23-16)10-3-1-2-4-13(10)20/h1-8,20,22H,(H,18,19,21). The maximum absolute atomic E-state index is 12.3. The highest BCUT2D eigenvalue weighted by Gasteiger charge is 2.14. The van der Waals surface area contributed by atoms with Gasteiger partial charge in [-0.05, 0) is 30.3 Å². The Bertz CT molecular complexity index is 880. The van der Waals surface area contributed by atoms with E-state index in [0.29, 0.717) is 26.8 Å². The zero-order valence-electron chi connectivity index (χ0n) is 11.7. The SMILES string of the molecule is O=C(Nc1nc(-c2ccccc2O)cs1)c1cc(Br)ccc1S. The molecule has 4 nitrogen and oxygen atoms in total. The number of halogens is 1. The van der Waals surface area contributed by atoms with Crippen LogP contribution in [0.4, 0.5) is 5.13 Å². The van der Waals surface area contributed by atoms with Crippen LogP contribution in [0.5, 0.6) is 5.75 Å². The van der Waals surface area contributed by atoms with E-state index in [1.54, 1.807) is 35.7 Å². The number of carbonyl (C=O) groups is 1. The molecule has 0 aliphatic heterocycles. The van der Waals surface area contributed by atoms with Crippen LogP contribution in [0.3, 0.4) is 0 Å². The normalized spacial score (nSPS) is 10.5. The van der Waals surface area contributed by atoms with Crippen molar-refractivity contribution in [3.8, 4) is 17.0 Å². The summed E-state index contributed by atoms with van der Waals surface area (Å²) in [6, 6.07) is 12.2. The largest absolute Gasteiger partial charge is 0.507 e. The topological polar surface area (TPSA) is 62.2 Å². The van der Waals surface area contributed by atoms with E-state index in [2.05, 4.69) is 38.9 Å². The third-order valence-corrected chi connectivity index (χ3v) is 4.75. The van der Waals surface area contributed by atoms with Gasteiger partial charge < -0.3 is 5.11 Å². The minimum absolute atomic E-state index is 0.153. The predicted octanol–water partition coefficient (Wildman–Crippen LogP) is 4.82. The van der Waals surface area contributed by atoms with Gasteiger partial charge in [-0.3, -0.25) is 10.1 Å². The maximum Gasteiger partial charge on any atom is 0.258 e. The minimum Gasteiger partial charge on any atom is -0.507 e. The van der Waals surface area contributed by atoms with Gasteiger partial charge in [-0.2, -0.15) is 0 Å². The van der Waals surface area contributed by atoms with Gasteiger partial charge in [0.25, 0.3) is 5.91 Å². The van der Waals surface area contributed by atoms with Crippen LogP contribution in [0.15, 0.2) is 57.2 Å². The molecule has 7 heteroatoms. The minimum atomic E-state index is -0.283. The lowest BCUT2D eigenvalue weighted by molar-refractivity contribution is 0.102. The lowest BCUT2D eigenvalue weighted by Crippen LogP contribution is -2.12. The first-order chi connectivity index (χ1) is 11.0. The number of thiol groups is 1. The van der Waals surface area contributed by atoms with E-state index in [9.17, 15) is 9.90 Å². The van der Waals surface area contributed by atoms with Gasteiger partial charge in [0, 0.05) is 20.3 Å². The van der Waals surface area contributed by atoms with Crippen LogP contribution < -0.4 is 5.32 Å². The lowest BCUT2D eigenvalue weighted by atomic mass is 10.1. The predicted molar refractivity (Wildman–Crippen MR) is 98.6 cm³/mol. The number of phenolic OH excluding ortho intramolecular Hbond substituents is 1. The number of anilines is 1. The van der Waals surface area contributed by atoms with Crippen LogP contribution in [-0.2, 0) is 0 Å². The number of hydrogen-bond donors (Lipinski definition) is 3. The molecule has 116 valence electrons. The molecule has 1 aromatic heterocycles. The van der Waals surface area contributed by atoms with Gasteiger partial charge in [0.1, 0.15) is 5.75 Å². The average Bonchev–Trinajstić information content (AvgIpc) is 2.98. The van der Waals surface area contributed by atoms with Gasteiger partial charge >= 0.3 is 0 Å². The van der Waals surface area contributed by atoms with Crippen LogP contribution >= 0.6 is 39.9 Å². The van der Waals surface area contributed by atoms with Crippen molar-refractivity contribution in [1.82, 2.24) is 4.98 Å². The van der Waals surface area contributed by atoms with Crippen molar-refractivity contribution in [3.05, 3.63) is 57.9 Å². The Kier molecular flexibility index (Phi) is 4.70. The Hall–Kier alpha value is -1.83. The summed E-state index contributed by atoms with van der Waals surface area (Å²) in [6.45, 7) is 0. The Morgan fingerprint density at radius 3 is 2.83 bits per heavy atom. The van der Waals surface area contributed by atoms with E-state index >= 15 is 0 Å². The Labute approximate surface area is 150 Å². The molecule has 0 bridgehead atoms. The smallest absolute Gasteiger partial charge is 0.258 e. The van der Waals surface area contributed by atoms with E-state index in [1.165, 1.54) is 11.3 Å². The fourth-order valence-electron chi connectivity index (χ4n) is 2.00. The molecule has 0 fully saturated rings. The number of para-hydroxylation sites is 1. The molecule has 3 rings (SSSR count). The zero-order valence-corrected chi connectivity index (χ0v) is 15.0. The van der Waals surface area contributed by atoms with Crippen molar-refractivity contribution < 1.29 is 9.90 Å². The van der Waals surface area contributed by atoms with Crippen LogP contribution in [0, 0.1) is 0 Å². The quantitative estimate of drug-likeness (QED) is 0.546. The van der Waals surface area contributed by atoms with Crippen molar-refractivity contribution >= 4 is 50.9 Å². The maximum atomic E-state index is 12.3. The number of phenols is 1. The summed E-state index contributed by atoms with van der Waals surface area (Å²) in [5, 5.41) is 14.9.